The first kappa shape index (κ1) is 24.9. The number of benzene rings is 2. The van der Waals surface area contributed by atoms with Gasteiger partial charge in [-0.3, -0.25) is 9.69 Å². The average Bonchev–Trinajstić information content (AvgIpc) is 3.02. The number of esters is 1. The Morgan fingerprint density at radius 1 is 1.22 bits per heavy atom. The van der Waals surface area contributed by atoms with Gasteiger partial charge in [-0.15, -0.1) is 0 Å². The minimum Gasteiger partial charge on any atom is -0.490 e. The number of hydrogen-bond acceptors (Lipinski definition) is 7. The molecule has 1 aliphatic rings. The molecular formula is C21H16BrCl2NO5S2. The lowest BCUT2D eigenvalue weighted by molar-refractivity contribution is -0.142. The van der Waals surface area contributed by atoms with Crippen LogP contribution in [0, 0.1) is 0 Å². The second-order valence-electron chi connectivity index (χ2n) is 6.24. The second-order valence-corrected chi connectivity index (χ2v) is 9.59. The van der Waals surface area contributed by atoms with E-state index in [1.54, 1.807) is 43.3 Å². The fourth-order valence-corrected chi connectivity index (χ4v) is 4.72. The van der Waals surface area contributed by atoms with Crippen LogP contribution in [-0.2, 0) is 14.3 Å². The van der Waals surface area contributed by atoms with Crippen LogP contribution < -0.4 is 14.4 Å². The summed E-state index contributed by atoms with van der Waals surface area (Å²) in [6.07, 6.45) is 1.66. The van der Waals surface area contributed by atoms with Gasteiger partial charge < -0.3 is 14.2 Å². The van der Waals surface area contributed by atoms with Crippen molar-refractivity contribution >= 4 is 91.1 Å². The van der Waals surface area contributed by atoms with E-state index in [1.807, 2.05) is 0 Å². The van der Waals surface area contributed by atoms with Gasteiger partial charge in [-0.05, 0) is 64.8 Å². The summed E-state index contributed by atoms with van der Waals surface area (Å²) >= 11 is 22.5. The van der Waals surface area contributed by atoms with Crippen molar-refractivity contribution in [3.63, 3.8) is 0 Å². The van der Waals surface area contributed by atoms with Gasteiger partial charge in [-0.25, -0.2) is 4.79 Å². The SMILES string of the molecule is CCOc1cc(/C=C2\SC(=S)N(c3ccc(Br)c(Cl)c3)C2=O)cc(Cl)c1OCC(=O)OC. The number of halogens is 3. The molecule has 11 heteroatoms. The number of thioether (sulfide) groups is 1. The Kier molecular flexibility index (Phi) is 8.46. The molecule has 6 nitrogen and oxygen atoms in total. The summed E-state index contributed by atoms with van der Waals surface area (Å²) in [5.41, 5.74) is 1.18. The van der Waals surface area contributed by atoms with Crippen molar-refractivity contribution in [1.29, 1.82) is 0 Å². The Bertz CT molecular complexity index is 1130. The molecule has 0 spiro atoms. The summed E-state index contributed by atoms with van der Waals surface area (Å²) < 4.78 is 16.8. The quantitative estimate of drug-likeness (QED) is 0.224. The van der Waals surface area contributed by atoms with Crippen LogP contribution in [0.15, 0.2) is 39.7 Å². The normalized spacial score (nSPS) is 14.8. The molecule has 32 heavy (non-hydrogen) atoms. The van der Waals surface area contributed by atoms with Crippen LogP contribution in [0.4, 0.5) is 5.69 Å². The van der Waals surface area contributed by atoms with Crippen molar-refractivity contribution in [2.45, 2.75) is 6.92 Å². The fourth-order valence-electron chi connectivity index (χ4n) is 2.73. The van der Waals surface area contributed by atoms with Crippen LogP contribution in [0.5, 0.6) is 11.5 Å². The monoisotopic (exact) mass is 575 g/mol. The highest BCUT2D eigenvalue weighted by atomic mass is 79.9. The van der Waals surface area contributed by atoms with Gasteiger partial charge in [-0.1, -0.05) is 47.2 Å². The molecule has 3 rings (SSSR count). The number of hydrogen-bond donors (Lipinski definition) is 0. The molecule has 1 aliphatic heterocycles. The summed E-state index contributed by atoms with van der Waals surface area (Å²) in [6.45, 7) is 1.84. The number of nitrogens with zero attached hydrogens (tertiary/aromatic N) is 1. The number of thiocarbonyl (C=S) groups is 1. The zero-order chi connectivity index (χ0) is 23.4. The predicted octanol–water partition coefficient (Wildman–Crippen LogP) is 6.11. The number of methoxy groups -OCH3 is 1. The van der Waals surface area contributed by atoms with Gasteiger partial charge in [0.05, 0.1) is 34.4 Å². The molecule has 0 saturated carbocycles. The Hall–Kier alpha value is -1.78. The maximum absolute atomic E-state index is 13.0. The molecule has 0 atom stereocenters. The lowest BCUT2D eigenvalue weighted by atomic mass is 10.1. The van der Waals surface area contributed by atoms with E-state index in [9.17, 15) is 9.59 Å². The van der Waals surface area contributed by atoms with Crippen molar-refractivity contribution in [3.8, 4) is 11.5 Å². The highest BCUT2D eigenvalue weighted by Crippen LogP contribution is 2.41. The minimum absolute atomic E-state index is 0.216. The fraction of sp³-hybridized carbons (Fsp3) is 0.190. The number of anilines is 1. The lowest BCUT2D eigenvalue weighted by Crippen LogP contribution is -2.27. The predicted molar refractivity (Wildman–Crippen MR) is 135 cm³/mol. The minimum atomic E-state index is -0.552. The molecule has 1 fully saturated rings. The number of carbonyl (C=O) groups is 2. The van der Waals surface area contributed by atoms with Crippen molar-refractivity contribution in [2.75, 3.05) is 25.2 Å². The van der Waals surface area contributed by atoms with E-state index < -0.39 is 5.97 Å². The molecule has 2 aromatic rings. The first-order valence-electron chi connectivity index (χ1n) is 9.14. The maximum Gasteiger partial charge on any atom is 0.343 e. The third-order valence-corrected chi connectivity index (χ3v) is 6.96. The molecule has 168 valence electrons. The van der Waals surface area contributed by atoms with Crippen LogP contribution in [0.2, 0.25) is 10.0 Å². The van der Waals surface area contributed by atoms with Crippen LogP contribution in [-0.4, -0.2) is 36.5 Å². The highest BCUT2D eigenvalue weighted by molar-refractivity contribution is 9.10. The molecule has 1 amide bonds. The van der Waals surface area contributed by atoms with Crippen LogP contribution in [0.1, 0.15) is 12.5 Å². The van der Waals surface area contributed by atoms with E-state index in [-0.39, 0.29) is 23.3 Å². The Balaban J connectivity index is 1.91. The van der Waals surface area contributed by atoms with Gasteiger partial charge in [0.1, 0.15) is 0 Å². The van der Waals surface area contributed by atoms with E-state index in [2.05, 4.69) is 20.7 Å². The molecule has 0 radical (unpaired) electrons. The van der Waals surface area contributed by atoms with Crippen molar-refractivity contribution in [3.05, 3.63) is 55.3 Å². The zero-order valence-electron chi connectivity index (χ0n) is 16.8. The molecule has 1 heterocycles. The van der Waals surface area contributed by atoms with Gasteiger partial charge in [0, 0.05) is 4.47 Å². The first-order chi connectivity index (χ1) is 15.2. The number of rotatable bonds is 7. The molecule has 0 N–H and O–H groups in total. The zero-order valence-corrected chi connectivity index (χ0v) is 21.5. The standard InChI is InChI=1S/C21H16BrCl2NO5S2/c1-3-29-16-7-11(6-15(24)19(16)30-10-18(26)28-2)8-17-20(27)25(21(31)32-17)12-4-5-13(22)14(23)9-12/h4-9H,3,10H2,1-2H3/b17-8-. The van der Waals surface area contributed by atoms with E-state index in [0.717, 1.165) is 4.47 Å². The van der Waals surface area contributed by atoms with E-state index in [1.165, 1.54) is 23.8 Å². The smallest absolute Gasteiger partial charge is 0.343 e. The summed E-state index contributed by atoms with van der Waals surface area (Å²) in [7, 11) is 1.26. The van der Waals surface area contributed by atoms with Gasteiger partial charge in [0.25, 0.3) is 5.91 Å². The number of ether oxygens (including phenoxy) is 3. The van der Waals surface area contributed by atoms with Crippen LogP contribution >= 0.6 is 63.1 Å². The van der Waals surface area contributed by atoms with Crippen molar-refractivity contribution in [1.82, 2.24) is 0 Å². The van der Waals surface area contributed by atoms with Gasteiger partial charge >= 0.3 is 5.97 Å². The van der Waals surface area contributed by atoms with E-state index in [4.69, 9.17) is 44.9 Å². The molecular weight excluding hydrogens is 561 g/mol. The molecule has 0 bridgehead atoms. The lowest BCUT2D eigenvalue weighted by Gasteiger charge is -2.15. The average molecular weight is 577 g/mol. The molecule has 0 unspecified atom stereocenters. The molecule has 1 saturated heterocycles. The van der Waals surface area contributed by atoms with Gasteiger partial charge in [-0.2, -0.15) is 0 Å². The maximum atomic E-state index is 13.0. The summed E-state index contributed by atoms with van der Waals surface area (Å²) in [4.78, 5) is 26.3. The third kappa shape index (κ3) is 5.58. The summed E-state index contributed by atoms with van der Waals surface area (Å²) in [5.74, 6) is -0.277. The highest BCUT2D eigenvalue weighted by Gasteiger charge is 2.33. The Morgan fingerprint density at radius 2 is 1.97 bits per heavy atom. The molecule has 0 aromatic heterocycles. The topological polar surface area (TPSA) is 65.1 Å². The Labute approximate surface area is 212 Å². The van der Waals surface area contributed by atoms with Crippen molar-refractivity contribution in [2.24, 2.45) is 0 Å². The largest absolute Gasteiger partial charge is 0.490 e. The second kappa shape index (κ2) is 10.9. The van der Waals surface area contributed by atoms with Crippen LogP contribution in [0.3, 0.4) is 0 Å². The van der Waals surface area contributed by atoms with Crippen molar-refractivity contribution < 1.29 is 23.8 Å². The number of carbonyl (C=O) groups excluding carboxylic acids is 2. The molecule has 0 aliphatic carbocycles. The van der Waals surface area contributed by atoms with Crippen LogP contribution in [0.25, 0.3) is 6.08 Å². The Morgan fingerprint density at radius 3 is 2.62 bits per heavy atom. The summed E-state index contributed by atoms with van der Waals surface area (Å²) in [5, 5.41) is 0.692. The number of amides is 1. The summed E-state index contributed by atoms with van der Waals surface area (Å²) in [6, 6.07) is 8.45. The third-order valence-electron chi connectivity index (χ3n) is 4.15. The molecule has 2 aromatic carbocycles. The van der Waals surface area contributed by atoms with E-state index in [0.29, 0.717) is 37.9 Å². The van der Waals surface area contributed by atoms with Gasteiger partial charge in [0.15, 0.2) is 22.4 Å². The first-order valence-corrected chi connectivity index (χ1v) is 11.9. The van der Waals surface area contributed by atoms with Gasteiger partial charge in [0.2, 0.25) is 0 Å². The van der Waals surface area contributed by atoms with E-state index >= 15 is 0 Å².